The van der Waals surface area contributed by atoms with E-state index in [0.717, 1.165) is 24.0 Å². The van der Waals surface area contributed by atoms with Crippen molar-refractivity contribution in [2.24, 2.45) is 5.92 Å². The van der Waals surface area contributed by atoms with Crippen molar-refractivity contribution in [1.29, 1.82) is 0 Å². The van der Waals surface area contributed by atoms with E-state index in [4.69, 9.17) is 0 Å². The van der Waals surface area contributed by atoms with Gasteiger partial charge in [-0.15, -0.1) is 0 Å². The minimum atomic E-state index is -3.35. The molecule has 1 atom stereocenters. The van der Waals surface area contributed by atoms with Crippen molar-refractivity contribution in [2.75, 3.05) is 7.05 Å². The summed E-state index contributed by atoms with van der Waals surface area (Å²) >= 11 is 0. The van der Waals surface area contributed by atoms with Gasteiger partial charge in [-0.25, -0.2) is 8.42 Å². The molecule has 3 nitrogen and oxygen atoms in total. The zero-order chi connectivity index (χ0) is 13.5. The summed E-state index contributed by atoms with van der Waals surface area (Å²) in [5.41, 5.74) is 2.13. The fourth-order valence-electron chi connectivity index (χ4n) is 2.14. The fourth-order valence-corrected chi connectivity index (χ4v) is 3.64. The van der Waals surface area contributed by atoms with E-state index < -0.39 is 10.0 Å². The first-order valence-corrected chi connectivity index (χ1v) is 7.83. The molecule has 0 aromatic heterocycles. The zero-order valence-corrected chi connectivity index (χ0v) is 12.3. The number of benzene rings is 1. The van der Waals surface area contributed by atoms with E-state index in [0.29, 0.717) is 10.8 Å². The van der Waals surface area contributed by atoms with Gasteiger partial charge in [-0.2, -0.15) is 4.31 Å². The predicted molar refractivity (Wildman–Crippen MR) is 73.1 cm³/mol. The Hall–Kier alpha value is -0.870. The Bertz CT molecular complexity index is 547. The maximum atomic E-state index is 12.5. The van der Waals surface area contributed by atoms with Crippen LogP contribution in [0.15, 0.2) is 23.1 Å². The van der Waals surface area contributed by atoms with Crippen LogP contribution in [-0.2, 0) is 10.0 Å². The molecule has 1 aliphatic rings. The summed E-state index contributed by atoms with van der Waals surface area (Å²) in [4.78, 5) is 0.403. The van der Waals surface area contributed by atoms with Crippen LogP contribution in [0.4, 0.5) is 0 Å². The first-order valence-electron chi connectivity index (χ1n) is 6.39. The lowest BCUT2D eigenvalue weighted by atomic mass is 10.1. The maximum Gasteiger partial charge on any atom is 0.243 e. The molecule has 0 bridgehead atoms. The predicted octanol–water partition coefficient (Wildman–Crippen LogP) is 2.72. The number of rotatable bonds is 4. The highest BCUT2D eigenvalue weighted by molar-refractivity contribution is 7.89. The molecule has 0 heterocycles. The van der Waals surface area contributed by atoms with Crippen LogP contribution in [-0.4, -0.2) is 25.8 Å². The second kappa shape index (κ2) is 4.67. The van der Waals surface area contributed by atoms with Crippen LogP contribution in [0, 0.1) is 19.8 Å². The molecule has 1 fully saturated rings. The van der Waals surface area contributed by atoms with Crippen LogP contribution in [0.2, 0.25) is 0 Å². The van der Waals surface area contributed by atoms with E-state index in [1.54, 1.807) is 19.2 Å². The standard InChI is InChI=1S/C14H21NO2S/c1-10-5-8-14(9-11(10)2)18(16,17)15(4)12(3)13-6-7-13/h5,8-9,12-13H,6-7H2,1-4H3. The van der Waals surface area contributed by atoms with Gasteiger partial charge in [0.1, 0.15) is 0 Å². The van der Waals surface area contributed by atoms with E-state index >= 15 is 0 Å². The van der Waals surface area contributed by atoms with Gasteiger partial charge < -0.3 is 0 Å². The van der Waals surface area contributed by atoms with Gasteiger partial charge in [-0.3, -0.25) is 0 Å². The number of sulfonamides is 1. The summed E-state index contributed by atoms with van der Waals surface area (Å²) < 4.78 is 26.5. The first kappa shape index (κ1) is 13.6. The molecule has 1 unspecified atom stereocenters. The third kappa shape index (κ3) is 2.45. The molecule has 0 amide bonds. The van der Waals surface area contributed by atoms with Gasteiger partial charge in [0.05, 0.1) is 4.90 Å². The van der Waals surface area contributed by atoms with Gasteiger partial charge >= 0.3 is 0 Å². The summed E-state index contributed by atoms with van der Waals surface area (Å²) in [5, 5.41) is 0. The second-order valence-electron chi connectivity index (χ2n) is 5.35. The van der Waals surface area contributed by atoms with Crippen molar-refractivity contribution in [1.82, 2.24) is 4.31 Å². The van der Waals surface area contributed by atoms with Gasteiger partial charge in [0, 0.05) is 13.1 Å². The molecule has 0 spiro atoms. The molecule has 1 aromatic carbocycles. The van der Waals surface area contributed by atoms with Gasteiger partial charge in [0.25, 0.3) is 0 Å². The summed E-state index contributed by atoms with van der Waals surface area (Å²) in [5.74, 6) is 0.538. The largest absolute Gasteiger partial charge is 0.243 e. The molecule has 0 radical (unpaired) electrons. The molecular weight excluding hydrogens is 246 g/mol. The molecule has 0 saturated heterocycles. The topological polar surface area (TPSA) is 37.4 Å². The van der Waals surface area contributed by atoms with Crippen molar-refractivity contribution in [3.63, 3.8) is 0 Å². The number of hydrogen-bond donors (Lipinski definition) is 0. The van der Waals surface area contributed by atoms with Crippen LogP contribution in [0.3, 0.4) is 0 Å². The van der Waals surface area contributed by atoms with Crippen LogP contribution in [0.25, 0.3) is 0 Å². The third-order valence-electron chi connectivity index (χ3n) is 4.03. The summed E-state index contributed by atoms with van der Waals surface area (Å²) in [6, 6.07) is 5.43. The van der Waals surface area contributed by atoms with E-state index in [9.17, 15) is 8.42 Å². The molecule has 1 saturated carbocycles. The number of hydrogen-bond acceptors (Lipinski definition) is 2. The molecule has 1 aromatic rings. The molecule has 100 valence electrons. The summed E-state index contributed by atoms with van der Waals surface area (Å²) in [6.07, 6.45) is 2.29. The van der Waals surface area contributed by atoms with Gasteiger partial charge in [-0.1, -0.05) is 6.07 Å². The highest BCUT2D eigenvalue weighted by Gasteiger charge is 2.35. The molecular formula is C14H21NO2S. The van der Waals surface area contributed by atoms with Gasteiger partial charge in [0.2, 0.25) is 10.0 Å². The lowest BCUT2D eigenvalue weighted by Crippen LogP contribution is -2.36. The first-order chi connectivity index (χ1) is 8.34. The SMILES string of the molecule is Cc1ccc(S(=O)(=O)N(C)C(C)C2CC2)cc1C. The maximum absolute atomic E-state index is 12.5. The molecule has 0 N–H and O–H groups in total. The van der Waals surface area contributed by atoms with E-state index in [-0.39, 0.29) is 6.04 Å². The zero-order valence-electron chi connectivity index (χ0n) is 11.5. The quantitative estimate of drug-likeness (QED) is 0.841. The molecule has 18 heavy (non-hydrogen) atoms. The average Bonchev–Trinajstić information content (AvgIpc) is 3.14. The van der Waals surface area contributed by atoms with Crippen molar-refractivity contribution >= 4 is 10.0 Å². The van der Waals surface area contributed by atoms with E-state index in [1.165, 1.54) is 4.31 Å². The van der Waals surface area contributed by atoms with E-state index in [2.05, 4.69) is 0 Å². The molecule has 2 rings (SSSR count). The summed E-state index contributed by atoms with van der Waals surface area (Å²) in [7, 11) is -1.66. The molecule has 0 aliphatic heterocycles. The Balaban J connectivity index is 2.31. The fraction of sp³-hybridized carbons (Fsp3) is 0.571. The van der Waals surface area contributed by atoms with Crippen molar-refractivity contribution in [3.05, 3.63) is 29.3 Å². The lowest BCUT2D eigenvalue weighted by molar-refractivity contribution is 0.357. The Labute approximate surface area is 110 Å². The minimum Gasteiger partial charge on any atom is -0.207 e. The Morgan fingerprint density at radius 3 is 2.33 bits per heavy atom. The Morgan fingerprint density at radius 1 is 1.22 bits per heavy atom. The van der Waals surface area contributed by atoms with Crippen LogP contribution in [0.1, 0.15) is 30.9 Å². The van der Waals surface area contributed by atoms with Crippen LogP contribution < -0.4 is 0 Å². The van der Waals surface area contributed by atoms with Gasteiger partial charge in [0.15, 0.2) is 0 Å². The van der Waals surface area contributed by atoms with Crippen LogP contribution in [0.5, 0.6) is 0 Å². The van der Waals surface area contributed by atoms with Gasteiger partial charge in [-0.05, 0) is 62.8 Å². The Kier molecular flexibility index (Phi) is 3.52. The van der Waals surface area contributed by atoms with Crippen molar-refractivity contribution in [2.45, 2.75) is 44.6 Å². The second-order valence-corrected chi connectivity index (χ2v) is 7.34. The van der Waals surface area contributed by atoms with Crippen LogP contribution >= 0.6 is 0 Å². The average molecular weight is 267 g/mol. The normalized spacial score (nSPS) is 18.1. The highest BCUT2D eigenvalue weighted by Crippen LogP contribution is 2.36. The van der Waals surface area contributed by atoms with E-state index in [1.807, 2.05) is 26.8 Å². The van der Waals surface area contributed by atoms with Crippen molar-refractivity contribution < 1.29 is 8.42 Å². The summed E-state index contributed by atoms with van der Waals surface area (Å²) in [6.45, 7) is 5.93. The molecule has 4 heteroatoms. The van der Waals surface area contributed by atoms with Crippen molar-refractivity contribution in [3.8, 4) is 0 Å². The minimum absolute atomic E-state index is 0.0941. The number of aryl methyl sites for hydroxylation is 2. The highest BCUT2D eigenvalue weighted by atomic mass is 32.2. The smallest absolute Gasteiger partial charge is 0.207 e. The number of nitrogens with zero attached hydrogens (tertiary/aromatic N) is 1. The lowest BCUT2D eigenvalue weighted by Gasteiger charge is -2.24. The molecule has 1 aliphatic carbocycles. The third-order valence-corrected chi connectivity index (χ3v) is 5.97. The monoisotopic (exact) mass is 267 g/mol. The Morgan fingerprint density at radius 2 is 1.83 bits per heavy atom.